The zero-order valence-electron chi connectivity index (χ0n) is 10.3. The van der Waals surface area contributed by atoms with Gasteiger partial charge in [-0.1, -0.05) is 51.4 Å². The van der Waals surface area contributed by atoms with Gasteiger partial charge in [-0.15, -0.1) is 0 Å². The second-order valence-corrected chi connectivity index (χ2v) is 5.66. The molecule has 2 unspecified atom stereocenters. The van der Waals surface area contributed by atoms with Crippen molar-refractivity contribution in [3.63, 3.8) is 0 Å². The Morgan fingerprint density at radius 3 is 2.07 bits per heavy atom. The van der Waals surface area contributed by atoms with Gasteiger partial charge in [0.25, 0.3) is 0 Å². The lowest BCUT2D eigenvalue weighted by Gasteiger charge is -2.31. The van der Waals surface area contributed by atoms with Gasteiger partial charge in [-0.25, -0.2) is 0 Å². The summed E-state index contributed by atoms with van der Waals surface area (Å²) in [5.41, 5.74) is 0. The highest BCUT2D eigenvalue weighted by Gasteiger charge is 2.27. The van der Waals surface area contributed by atoms with E-state index in [-0.39, 0.29) is 0 Å². The third-order valence-electron chi connectivity index (χ3n) is 4.69. The van der Waals surface area contributed by atoms with Crippen LogP contribution in [0.25, 0.3) is 0 Å². The van der Waals surface area contributed by atoms with E-state index < -0.39 is 0 Å². The minimum atomic E-state index is 0.819. The van der Waals surface area contributed by atoms with Crippen LogP contribution in [0.2, 0.25) is 0 Å². The van der Waals surface area contributed by atoms with Crippen LogP contribution < -0.4 is 5.32 Å². The fourth-order valence-corrected chi connectivity index (χ4v) is 3.69. The molecule has 1 N–H and O–H groups in total. The van der Waals surface area contributed by atoms with E-state index in [1.165, 1.54) is 64.2 Å². The number of rotatable bonds is 2. The van der Waals surface area contributed by atoms with E-state index in [1.807, 2.05) is 0 Å². The fourth-order valence-electron chi connectivity index (χ4n) is 3.69. The van der Waals surface area contributed by atoms with Crippen molar-refractivity contribution in [2.75, 3.05) is 7.05 Å². The van der Waals surface area contributed by atoms with E-state index in [1.54, 1.807) is 0 Å². The minimum Gasteiger partial charge on any atom is -0.317 e. The maximum absolute atomic E-state index is 3.51. The van der Waals surface area contributed by atoms with Gasteiger partial charge in [-0.2, -0.15) is 0 Å². The van der Waals surface area contributed by atoms with Gasteiger partial charge in [0.05, 0.1) is 0 Å². The Labute approximate surface area is 95.0 Å². The smallest absolute Gasteiger partial charge is 0.00668 e. The van der Waals surface area contributed by atoms with E-state index in [0.717, 1.165) is 17.9 Å². The van der Waals surface area contributed by atoms with Crippen LogP contribution in [0.15, 0.2) is 0 Å². The van der Waals surface area contributed by atoms with Gasteiger partial charge >= 0.3 is 0 Å². The number of hydrogen-bond donors (Lipinski definition) is 1. The van der Waals surface area contributed by atoms with Crippen LogP contribution in [0.1, 0.15) is 64.2 Å². The number of nitrogens with one attached hydrogen (secondary N) is 1. The Bertz CT molecular complexity index is 172. The summed E-state index contributed by atoms with van der Waals surface area (Å²) in [6, 6.07) is 0.819. The summed E-state index contributed by atoms with van der Waals surface area (Å²) < 4.78 is 0. The Morgan fingerprint density at radius 1 is 0.733 bits per heavy atom. The predicted octanol–water partition coefficient (Wildman–Crippen LogP) is 3.74. The van der Waals surface area contributed by atoms with Crippen LogP contribution >= 0.6 is 0 Å². The van der Waals surface area contributed by atoms with Crippen molar-refractivity contribution in [1.29, 1.82) is 0 Å². The Kier molecular flexibility index (Phi) is 4.49. The molecule has 2 atom stereocenters. The van der Waals surface area contributed by atoms with E-state index in [2.05, 4.69) is 12.4 Å². The lowest BCUT2D eigenvalue weighted by atomic mass is 9.76. The second kappa shape index (κ2) is 5.89. The molecule has 0 aromatic heterocycles. The van der Waals surface area contributed by atoms with Gasteiger partial charge in [-0.3, -0.25) is 0 Å². The lowest BCUT2D eigenvalue weighted by Crippen LogP contribution is -2.29. The average Bonchev–Trinajstić information content (AvgIpc) is 2.55. The first-order valence-corrected chi connectivity index (χ1v) is 7.07. The summed E-state index contributed by atoms with van der Waals surface area (Å²) in [6.45, 7) is 0. The highest BCUT2D eigenvalue weighted by atomic mass is 14.9. The van der Waals surface area contributed by atoms with Crippen LogP contribution in [0.4, 0.5) is 0 Å². The van der Waals surface area contributed by atoms with Crippen molar-refractivity contribution in [2.24, 2.45) is 11.8 Å². The van der Waals surface area contributed by atoms with Crippen molar-refractivity contribution in [3.8, 4) is 0 Å². The standard InChI is InChI=1S/C14H27N/c1-15-14-10-6-5-9-13(11-14)12-7-3-2-4-8-12/h12-15H,2-11H2,1H3. The molecular formula is C14H27N. The van der Waals surface area contributed by atoms with Gasteiger partial charge in [0.1, 0.15) is 0 Å². The first kappa shape index (κ1) is 11.4. The SMILES string of the molecule is CNC1CCCCC(C2CCCCC2)C1. The van der Waals surface area contributed by atoms with Crippen molar-refractivity contribution in [3.05, 3.63) is 0 Å². The molecule has 0 heterocycles. The Hall–Kier alpha value is -0.0400. The highest BCUT2D eigenvalue weighted by Crippen LogP contribution is 2.37. The van der Waals surface area contributed by atoms with E-state index >= 15 is 0 Å². The minimum absolute atomic E-state index is 0.819. The summed E-state index contributed by atoms with van der Waals surface area (Å²) in [5, 5.41) is 3.51. The van der Waals surface area contributed by atoms with Gasteiger partial charge in [0.2, 0.25) is 0 Å². The molecule has 0 aromatic rings. The number of hydrogen-bond acceptors (Lipinski definition) is 1. The molecule has 2 fully saturated rings. The first-order valence-electron chi connectivity index (χ1n) is 7.07. The molecule has 88 valence electrons. The van der Waals surface area contributed by atoms with Crippen molar-refractivity contribution in [1.82, 2.24) is 5.32 Å². The molecule has 15 heavy (non-hydrogen) atoms. The lowest BCUT2D eigenvalue weighted by molar-refractivity contribution is 0.216. The third-order valence-corrected chi connectivity index (χ3v) is 4.69. The Balaban J connectivity index is 1.87. The van der Waals surface area contributed by atoms with Gasteiger partial charge < -0.3 is 5.32 Å². The van der Waals surface area contributed by atoms with Crippen molar-refractivity contribution >= 4 is 0 Å². The van der Waals surface area contributed by atoms with Gasteiger partial charge in [0, 0.05) is 6.04 Å². The molecule has 0 spiro atoms. The van der Waals surface area contributed by atoms with Gasteiger partial charge in [0.15, 0.2) is 0 Å². The first-order chi connectivity index (χ1) is 7.40. The van der Waals surface area contributed by atoms with E-state index in [9.17, 15) is 0 Å². The highest BCUT2D eigenvalue weighted by molar-refractivity contribution is 4.81. The second-order valence-electron chi connectivity index (χ2n) is 5.66. The molecule has 2 rings (SSSR count). The zero-order chi connectivity index (χ0) is 10.5. The van der Waals surface area contributed by atoms with Gasteiger partial charge in [-0.05, 0) is 31.7 Å². The van der Waals surface area contributed by atoms with Crippen LogP contribution in [0.5, 0.6) is 0 Å². The summed E-state index contributed by atoms with van der Waals surface area (Å²) in [7, 11) is 2.15. The summed E-state index contributed by atoms with van der Waals surface area (Å²) in [6.07, 6.45) is 14.9. The summed E-state index contributed by atoms with van der Waals surface area (Å²) in [4.78, 5) is 0. The van der Waals surface area contributed by atoms with Crippen LogP contribution in [-0.4, -0.2) is 13.1 Å². The van der Waals surface area contributed by atoms with Crippen molar-refractivity contribution < 1.29 is 0 Å². The molecule has 1 heteroatoms. The van der Waals surface area contributed by atoms with Crippen molar-refractivity contribution in [2.45, 2.75) is 70.3 Å². The molecule has 0 radical (unpaired) electrons. The fraction of sp³-hybridized carbons (Fsp3) is 1.00. The molecule has 1 nitrogen and oxygen atoms in total. The normalized spacial score (nSPS) is 35.0. The van der Waals surface area contributed by atoms with Crippen LogP contribution in [0, 0.1) is 11.8 Å². The topological polar surface area (TPSA) is 12.0 Å². The van der Waals surface area contributed by atoms with E-state index in [4.69, 9.17) is 0 Å². The molecule has 2 saturated carbocycles. The zero-order valence-corrected chi connectivity index (χ0v) is 10.3. The molecule has 0 amide bonds. The average molecular weight is 209 g/mol. The predicted molar refractivity (Wildman–Crippen MR) is 66.0 cm³/mol. The summed E-state index contributed by atoms with van der Waals surface area (Å²) in [5.74, 6) is 2.12. The third kappa shape index (κ3) is 3.21. The molecule has 0 saturated heterocycles. The molecular weight excluding hydrogens is 182 g/mol. The van der Waals surface area contributed by atoms with Crippen LogP contribution in [-0.2, 0) is 0 Å². The largest absolute Gasteiger partial charge is 0.317 e. The maximum Gasteiger partial charge on any atom is 0.00668 e. The molecule has 0 aliphatic heterocycles. The van der Waals surface area contributed by atoms with Crippen LogP contribution in [0.3, 0.4) is 0 Å². The quantitative estimate of drug-likeness (QED) is 0.683. The molecule has 2 aliphatic carbocycles. The maximum atomic E-state index is 3.51. The molecule has 2 aliphatic rings. The molecule has 0 aromatic carbocycles. The Morgan fingerprint density at radius 2 is 1.33 bits per heavy atom. The molecule has 0 bridgehead atoms. The summed E-state index contributed by atoms with van der Waals surface area (Å²) >= 11 is 0. The van der Waals surface area contributed by atoms with E-state index in [0.29, 0.717) is 0 Å². The monoisotopic (exact) mass is 209 g/mol.